The molecule has 0 aromatic heterocycles. The number of benzene rings is 2. The van der Waals surface area contributed by atoms with Crippen LogP contribution in [0.25, 0.3) is 0 Å². The van der Waals surface area contributed by atoms with E-state index in [0.717, 1.165) is 0 Å². The Kier molecular flexibility index (Phi) is 7.09. The first-order chi connectivity index (χ1) is 15.1. The monoisotopic (exact) mass is 469 g/mol. The van der Waals surface area contributed by atoms with Gasteiger partial charge in [-0.1, -0.05) is 23.7 Å². The van der Waals surface area contributed by atoms with Crippen LogP contribution in [0.4, 0.5) is 0 Å². The first kappa shape index (κ1) is 24.4. The Bertz CT molecular complexity index is 966. The van der Waals surface area contributed by atoms with Gasteiger partial charge in [0.15, 0.2) is 11.5 Å². The highest BCUT2D eigenvalue weighted by Gasteiger charge is 2.44. The van der Waals surface area contributed by atoms with Crippen molar-refractivity contribution in [2.45, 2.75) is 43.3 Å². The number of aromatic hydroxyl groups is 3. The smallest absolute Gasteiger partial charge is 0.177 e. The molecule has 7 N–H and O–H groups in total. The van der Waals surface area contributed by atoms with E-state index in [1.165, 1.54) is 14.0 Å². The number of rotatable bonds is 6. The molecule has 1 heterocycles. The summed E-state index contributed by atoms with van der Waals surface area (Å²) in [6, 6.07) is 5.56. The van der Waals surface area contributed by atoms with E-state index in [-0.39, 0.29) is 17.5 Å². The number of likely N-dealkylation sites (N-methyl/N-ethyl adjacent to an activating group) is 1. The molecular weight excluding hydrogens is 442 g/mol. The van der Waals surface area contributed by atoms with Crippen molar-refractivity contribution >= 4 is 11.6 Å². The number of aliphatic hydroxyl groups is 3. The van der Waals surface area contributed by atoms with Gasteiger partial charge < -0.3 is 45.4 Å². The highest BCUT2D eigenvalue weighted by Crippen LogP contribution is 2.54. The molecule has 5 atom stereocenters. The average Bonchev–Trinajstić information content (AvgIpc) is 2.77. The molecule has 9 nitrogen and oxygen atoms in total. The van der Waals surface area contributed by atoms with Crippen LogP contribution in [0.2, 0.25) is 5.02 Å². The Morgan fingerprint density at radius 1 is 1.16 bits per heavy atom. The fraction of sp³-hybridized carbons (Fsp3) is 0.455. The number of hydrogen-bond donors (Lipinski definition) is 7. The molecule has 1 aliphatic rings. The standard InChI is InChI=1S/C22H28ClNO8/c1-22(30,10-4-6-11(31-3)7-5-10)15-16(23)20(29)19(28)14(18(15)27)21-17(24-2)13(26)8-12(9-25)32-21/h4-7,12-13,17,21,24-30H,8-9H2,1-3H3. The predicted molar refractivity (Wildman–Crippen MR) is 116 cm³/mol. The number of halogens is 1. The van der Waals surface area contributed by atoms with Gasteiger partial charge in [-0.05, 0) is 31.7 Å². The molecule has 0 aliphatic carbocycles. The molecule has 2 aromatic rings. The maximum atomic E-state index is 11.4. The Balaban J connectivity index is 2.21. The molecule has 32 heavy (non-hydrogen) atoms. The van der Waals surface area contributed by atoms with E-state index in [1.54, 1.807) is 31.3 Å². The minimum absolute atomic E-state index is 0.121. The van der Waals surface area contributed by atoms with Gasteiger partial charge >= 0.3 is 0 Å². The van der Waals surface area contributed by atoms with Gasteiger partial charge in [0.25, 0.3) is 0 Å². The second-order valence-corrected chi connectivity index (χ2v) is 8.31. The van der Waals surface area contributed by atoms with E-state index in [1.807, 2.05) is 0 Å². The SMILES string of the molecule is CNC1C(O)CC(CO)OC1c1c(O)c(O)c(Cl)c(C(C)(O)c2ccc(OC)cc2)c1O. The first-order valence-electron chi connectivity index (χ1n) is 10.0. The molecule has 0 bridgehead atoms. The lowest BCUT2D eigenvalue weighted by atomic mass is 9.83. The third-order valence-corrected chi connectivity index (χ3v) is 6.31. The normalized spacial score (nSPS) is 25.3. The number of nitrogens with one attached hydrogen (secondary N) is 1. The van der Waals surface area contributed by atoms with Gasteiger partial charge in [-0.15, -0.1) is 0 Å². The summed E-state index contributed by atoms with van der Waals surface area (Å²) in [6.45, 7) is 0.972. The van der Waals surface area contributed by atoms with Crippen molar-refractivity contribution in [2.24, 2.45) is 0 Å². The predicted octanol–water partition coefficient (Wildman–Crippen LogP) is 1.49. The summed E-state index contributed by atoms with van der Waals surface area (Å²) in [4.78, 5) is 0. The van der Waals surface area contributed by atoms with Crippen LogP contribution in [0.3, 0.4) is 0 Å². The summed E-state index contributed by atoms with van der Waals surface area (Å²) in [6.07, 6.45) is -2.81. The van der Waals surface area contributed by atoms with E-state index in [2.05, 4.69) is 5.32 Å². The van der Waals surface area contributed by atoms with E-state index >= 15 is 0 Å². The third-order valence-electron chi connectivity index (χ3n) is 5.94. The fourth-order valence-corrected chi connectivity index (χ4v) is 4.51. The molecule has 3 rings (SSSR count). The number of aliphatic hydroxyl groups excluding tert-OH is 2. The van der Waals surface area contributed by atoms with E-state index < -0.39 is 58.8 Å². The molecule has 10 heteroatoms. The average molecular weight is 470 g/mol. The summed E-state index contributed by atoms with van der Waals surface area (Å²) in [5.74, 6) is -1.58. The Morgan fingerprint density at radius 3 is 2.31 bits per heavy atom. The van der Waals surface area contributed by atoms with E-state index in [4.69, 9.17) is 21.1 Å². The maximum Gasteiger partial charge on any atom is 0.177 e. The van der Waals surface area contributed by atoms with Crippen LogP contribution >= 0.6 is 11.6 Å². The molecule has 176 valence electrons. The Labute approximate surface area is 190 Å². The quantitative estimate of drug-likeness (QED) is 0.246. The summed E-state index contributed by atoms with van der Waals surface area (Å²) < 4.78 is 10.9. The zero-order chi connectivity index (χ0) is 23.8. The lowest BCUT2D eigenvalue weighted by Gasteiger charge is -2.40. The second-order valence-electron chi connectivity index (χ2n) is 7.93. The van der Waals surface area contributed by atoms with Crippen LogP contribution in [0, 0.1) is 0 Å². The number of phenols is 3. The Hall–Kier alpha value is -2.27. The van der Waals surface area contributed by atoms with Crippen LogP contribution in [-0.2, 0) is 10.3 Å². The summed E-state index contributed by atoms with van der Waals surface area (Å²) in [7, 11) is 3.05. The van der Waals surface area contributed by atoms with Crippen LogP contribution in [0.5, 0.6) is 23.0 Å². The van der Waals surface area contributed by atoms with Crippen molar-refractivity contribution in [2.75, 3.05) is 20.8 Å². The molecular formula is C22H28ClNO8. The number of phenolic OH excluding ortho intramolecular Hbond substituents is 3. The highest BCUT2D eigenvalue weighted by molar-refractivity contribution is 6.33. The van der Waals surface area contributed by atoms with E-state index in [0.29, 0.717) is 11.3 Å². The number of ether oxygens (including phenoxy) is 2. The summed E-state index contributed by atoms with van der Waals surface area (Å²) >= 11 is 6.26. The Morgan fingerprint density at radius 2 is 1.78 bits per heavy atom. The largest absolute Gasteiger partial charge is 0.507 e. The zero-order valence-electron chi connectivity index (χ0n) is 17.9. The summed E-state index contributed by atoms with van der Waals surface area (Å²) in [5.41, 5.74) is -2.10. The number of methoxy groups -OCH3 is 1. The lowest BCUT2D eigenvalue weighted by molar-refractivity contribution is -0.133. The number of hydrogen-bond acceptors (Lipinski definition) is 9. The van der Waals surface area contributed by atoms with Crippen molar-refractivity contribution in [1.29, 1.82) is 0 Å². The van der Waals surface area contributed by atoms with Crippen molar-refractivity contribution in [1.82, 2.24) is 5.32 Å². The minimum atomic E-state index is -1.90. The van der Waals surface area contributed by atoms with Crippen LogP contribution in [0.1, 0.15) is 36.1 Å². The zero-order valence-corrected chi connectivity index (χ0v) is 18.7. The van der Waals surface area contributed by atoms with Crippen molar-refractivity contribution < 1.29 is 40.1 Å². The van der Waals surface area contributed by atoms with Crippen LogP contribution < -0.4 is 10.1 Å². The van der Waals surface area contributed by atoms with Gasteiger partial charge in [-0.25, -0.2) is 0 Å². The van der Waals surface area contributed by atoms with Gasteiger partial charge in [-0.2, -0.15) is 0 Å². The molecule has 0 spiro atoms. The minimum Gasteiger partial charge on any atom is -0.507 e. The molecule has 1 aliphatic heterocycles. The molecule has 1 saturated heterocycles. The van der Waals surface area contributed by atoms with Crippen LogP contribution in [0.15, 0.2) is 24.3 Å². The highest BCUT2D eigenvalue weighted by atomic mass is 35.5. The molecule has 5 unspecified atom stereocenters. The second kappa shape index (κ2) is 9.30. The molecule has 0 radical (unpaired) electrons. The topological polar surface area (TPSA) is 152 Å². The van der Waals surface area contributed by atoms with Crippen molar-refractivity contribution in [3.05, 3.63) is 46.0 Å². The van der Waals surface area contributed by atoms with Gasteiger partial charge in [0.2, 0.25) is 0 Å². The molecule has 0 saturated carbocycles. The van der Waals surface area contributed by atoms with Gasteiger partial charge in [0, 0.05) is 6.42 Å². The third kappa shape index (κ3) is 4.07. The van der Waals surface area contributed by atoms with E-state index in [9.17, 15) is 30.6 Å². The lowest BCUT2D eigenvalue weighted by Crippen LogP contribution is -2.51. The molecule has 2 aromatic carbocycles. The van der Waals surface area contributed by atoms with Gasteiger partial charge in [0.1, 0.15) is 23.2 Å². The van der Waals surface area contributed by atoms with Gasteiger partial charge in [0.05, 0.1) is 48.1 Å². The first-order valence-corrected chi connectivity index (χ1v) is 10.4. The van der Waals surface area contributed by atoms with Crippen molar-refractivity contribution in [3.63, 3.8) is 0 Å². The van der Waals surface area contributed by atoms with Gasteiger partial charge in [-0.3, -0.25) is 0 Å². The van der Waals surface area contributed by atoms with Crippen molar-refractivity contribution in [3.8, 4) is 23.0 Å². The maximum absolute atomic E-state index is 11.4. The molecule has 1 fully saturated rings. The van der Waals surface area contributed by atoms with Crippen LogP contribution in [-0.4, -0.2) is 69.7 Å². The summed E-state index contributed by atoms with van der Waals surface area (Å²) in [5, 5.41) is 66.2. The fourth-order valence-electron chi connectivity index (χ4n) is 4.15. The molecule has 0 amide bonds.